The van der Waals surface area contributed by atoms with Gasteiger partial charge in [0.1, 0.15) is 5.75 Å². The highest BCUT2D eigenvalue weighted by molar-refractivity contribution is 5.84. The van der Waals surface area contributed by atoms with Crippen molar-refractivity contribution in [2.45, 2.75) is 47.0 Å². The van der Waals surface area contributed by atoms with Gasteiger partial charge in [-0.25, -0.2) is 0 Å². The molecule has 1 aromatic carbocycles. The Morgan fingerprint density at radius 2 is 1.89 bits per heavy atom. The van der Waals surface area contributed by atoms with Crippen LogP contribution >= 0.6 is 0 Å². The fourth-order valence-electron chi connectivity index (χ4n) is 1.84. The van der Waals surface area contributed by atoms with Crippen LogP contribution in [0.4, 0.5) is 0 Å². The second kappa shape index (κ2) is 5.55. The van der Waals surface area contributed by atoms with Crippen molar-refractivity contribution in [3.8, 4) is 5.75 Å². The van der Waals surface area contributed by atoms with E-state index in [4.69, 9.17) is 0 Å². The first-order valence-electron chi connectivity index (χ1n) is 6.55. The zero-order valence-electron chi connectivity index (χ0n) is 12.4. The number of aliphatic imine (C=N–C) groups is 1. The van der Waals surface area contributed by atoms with Crippen molar-refractivity contribution in [3.63, 3.8) is 0 Å². The Hall–Kier alpha value is -1.31. The Morgan fingerprint density at radius 3 is 2.39 bits per heavy atom. The SMILES string of the molecule is Cc1cc(C=NCC(C)C)c(O)c(C(C)(C)C)c1. The van der Waals surface area contributed by atoms with Gasteiger partial charge in [-0.05, 0) is 29.9 Å². The van der Waals surface area contributed by atoms with Gasteiger partial charge in [0.05, 0.1) is 0 Å². The van der Waals surface area contributed by atoms with Crippen molar-refractivity contribution in [2.24, 2.45) is 10.9 Å². The Morgan fingerprint density at radius 1 is 1.28 bits per heavy atom. The quantitative estimate of drug-likeness (QED) is 0.802. The molecule has 0 heterocycles. The molecule has 0 radical (unpaired) electrons. The maximum absolute atomic E-state index is 10.3. The van der Waals surface area contributed by atoms with Gasteiger partial charge in [-0.3, -0.25) is 4.99 Å². The highest BCUT2D eigenvalue weighted by atomic mass is 16.3. The minimum absolute atomic E-state index is 0.0588. The predicted octanol–water partition coefficient (Wildman–Crippen LogP) is 4.07. The summed E-state index contributed by atoms with van der Waals surface area (Å²) >= 11 is 0. The van der Waals surface area contributed by atoms with Crippen LogP contribution in [0.1, 0.15) is 51.3 Å². The summed E-state index contributed by atoms with van der Waals surface area (Å²) in [4.78, 5) is 4.38. The molecular weight excluding hydrogens is 222 g/mol. The molecule has 0 unspecified atom stereocenters. The molecule has 2 nitrogen and oxygen atoms in total. The zero-order valence-corrected chi connectivity index (χ0v) is 12.4. The average molecular weight is 247 g/mol. The Labute approximate surface area is 111 Å². The van der Waals surface area contributed by atoms with E-state index in [9.17, 15) is 5.11 Å². The van der Waals surface area contributed by atoms with Crippen molar-refractivity contribution in [1.29, 1.82) is 0 Å². The maximum atomic E-state index is 10.3. The van der Waals surface area contributed by atoms with Gasteiger partial charge in [0.15, 0.2) is 0 Å². The molecule has 0 saturated heterocycles. The second-order valence-electron chi connectivity index (χ2n) is 6.39. The summed E-state index contributed by atoms with van der Waals surface area (Å²) in [5.74, 6) is 0.899. The standard InChI is InChI=1S/C16H25NO/c1-11(2)9-17-10-13-7-12(3)8-14(15(13)18)16(4,5)6/h7-8,10-11,18H,9H2,1-6H3. The summed E-state index contributed by atoms with van der Waals surface area (Å²) in [6.45, 7) is 13.4. The van der Waals surface area contributed by atoms with Crippen LogP contribution in [0.3, 0.4) is 0 Å². The molecule has 1 rings (SSSR count). The van der Waals surface area contributed by atoms with Gasteiger partial charge in [0.2, 0.25) is 0 Å². The summed E-state index contributed by atoms with van der Waals surface area (Å²) in [6, 6.07) is 4.03. The third-order valence-electron chi connectivity index (χ3n) is 2.79. The van der Waals surface area contributed by atoms with E-state index in [0.29, 0.717) is 11.7 Å². The molecule has 0 spiro atoms. The van der Waals surface area contributed by atoms with Crippen LogP contribution in [0, 0.1) is 12.8 Å². The first-order valence-corrected chi connectivity index (χ1v) is 6.55. The molecule has 0 aliphatic heterocycles. The molecule has 0 aliphatic carbocycles. The lowest BCUT2D eigenvalue weighted by molar-refractivity contribution is 0.445. The van der Waals surface area contributed by atoms with Crippen LogP contribution < -0.4 is 0 Å². The largest absolute Gasteiger partial charge is 0.507 e. The minimum atomic E-state index is -0.0588. The average Bonchev–Trinajstić information content (AvgIpc) is 2.20. The maximum Gasteiger partial charge on any atom is 0.128 e. The van der Waals surface area contributed by atoms with E-state index in [2.05, 4.69) is 52.6 Å². The zero-order chi connectivity index (χ0) is 13.9. The van der Waals surface area contributed by atoms with E-state index >= 15 is 0 Å². The van der Waals surface area contributed by atoms with E-state index in [0.717, 1.165) is 23.2 Å². The molecule has 1 aromatic rings. The van der Waals surface area contributed by atoms with E-state index in [1.165, 1.54) is 0 Å². The fraction of sp³-hybridized carbons (Fsp3) is 0.562. The van der Waals surface area contributed by atoms with Gasteiger partial charge >= 0.3 is 0 Å². The second-order valence-corrected chi connectivity index (χ2v) is 6.39. The minimum Gasteiger partial charge on any atom is -0.507 e. The summed E-state index contributed by atoms with van der Waals surface area (Å²) in [5.41, 5.74) is 2.90. The van der Waals surface area contributed by atoms with Gasteiger partial charge in [-0.1, -0.05) is 40.7 Å². The van der Waals surface area contributed by atoms with Crippen molar-refractivity contribution in [3.05, 3.63) is 28.8 Å². The number of hydrogen-bond acceptors (Lipinski definition) is 2. The van der Waals surface area contributed by atoms with Crippen LogP contribution in [0.25, 0.3) is 0 Å². The number of benzene rings is 1. The van der Waals surface area contributed by atoms with Gasteiger partial charge in [-0.2, -0.15) is 0 Å². The van der Waals surface area contributed by atoms with Crippen LogP contribution in [0.2, 0.25) is 0 Å². The molecule has 2 heteroatoms. The van der Waals surface area contributed by atoms with Crippen molar-refractivity contribution in [2.75, 3.05) is 6.54 Å². The fourth-order valence-corrected chi connectivity index (χ4v) is 1.84. The highest BCUT2D eigenvalue weighted by Gasteiger charge is 2.20. The molecule has 18 heavy (non-hydrogen) atoms. The van der Waals surface area contributed by atoms with E-state index in [1.807, 2.05) is 6.07 Å². The lowest BCUT2D eigenvalue weighted by Crippen LogP contribution is -2.12. The van der Waals surface area contributed by atoms with Gasteiger partial charge < -0.3 is 5.11 Å². The predicted molar refractivity (Wildman–Crippen MR) is 78.8 cm³/mol. The van der Waals surface area contributed by atoms with E-state index in [-0.39, 0.29) is 5.41 Å². The number of rotatable bonds is 3. The van der Waals surface area contributed by atoms with E-state index < -0.39 is 0 Å². The number of aryl methyl sites for hydroxylation is 1. The molecule has 0 saturated carbocycles. The molecule has 0 amide bonds. The van der Waals surface area contributed by atoms with Crippen LogP contribution in [0.5, 0.6) is 5.75 Å². The van der Waals surface area contributed by atoms with E-state index in [1.54, 1.807) is 6.21 Å². The highest BCUT2D eigenvalue weighted by Crippen LogP contribution is 2.33. The molecule has 0 bridgehead atoms. The monoisotopic (exact) mass is 247 g/mol. The lowest BCUT2D eigenvalue weighted by Gasteiger charge is -2.22. The molecule has 0 fully saturated rings. The normalized spacial score (nSPS) is 12.6. The molecule has 0 aromatic heterocycles. The summed E-state index contributed by atoms with van der Waals surface area (Å²) < 4.78 is 0. The van der Waals surface area contributed by atoms with Crippen LogP contribution in [-0.4, -0.2) is 17.9 Å². The number of hydrogen-bond donors (Lipinski definition) is 1. The Kier molecular flexibility index (Phi) is 4.55. The molecule has 0 atom stereocenters. The molecular formula is C16H25NO. The number of nitrogens with zero attached hydrogens (tertiary/aromatic N) is 1. The van der Waals surface area contributed by atoms with Crippen molar-refractivity contribution >= 4 is 6.21 Å². The van der Waals surface area contributed by atoms with Gasteiger partial charge in [-0.15, -0.1) is 0 Å². The molecule has 0 aliphatic rings. The first-order chi connectivity index (χ1) is 8.21. The Balaban J connectivity index is 3.14. The summed E-state index contributed by atoms with van der Waals surface area (Å²) in [6.07, 6.45) is 1.79. The van der Waals surface area contributed by atoms with Crippen molar-refractivity contribution < 1.29 is 5.11 Å². The number of aromatic hydroxyl groups is 1. The van der Waals surface area contributed by atoms with Crippen molar-refractivity contribution in [1.82, 2.24) is 0 Å². The Bertz CT molecular complexity index is 439. The van der Waals surface area contributed by atoms with Gasteiger partial charge in [0, 0.05) is 23.9 Å². The summed E-state index contributed by atoms with van der Waals surface area (Å²) in [7, 11) is 0. The topological polar surface area (TPSA) is 32.6 Å². The number of phenolic OH excluding ortho intramolecular Hbond substituents is 1. The smallest absolute Gasteiger partial charge is 0.128 e. The van der Waals surface area contributed by atoms with Gasteiger partial charge in [0.25, 0.3) is 0 Å². The number of phenols is 1. The molecule has 1 N–H and O–H groups in total. The third-order valence-corrected chi connectivity index (χ3v) is 2.79. The first kappa shape index (κ1) is 14.7. The van der Waals surface area contributed by atoms with Crippen LogP contribution in [0.15, 0.2) is 17.1 Å². The van der Waals surface area contributed by atoms with Crippen LogP contribution in [-0.2, 0) is 5.41 Å². The summed E-state index contributed by atoms with van der Waals surface area (Å²) in [5, 5.41) is 10.3. The lowest BCUT2D eigenvalue weighted by atomic mass is 9.84. The molecule has 100 valence electrons. The third kappa shape index (κ3) is 3.86.